The highest BCUT2D eigenvalue weighted by atomic mass is 16.3. The SMILES string of the molecule is Cc1ncc(CNC(CO)CC(C)C)[nH]1. The number of H-pyrrole nitrogens is 1. The van der Waals surface area contributed by atoms with Gasteiger partial charge in [-0.2, -0.15) is 0 Å². The summed E-state index contributed by atoms with van der Waals surface area (Å²) in [4.78, 5) is 7.28. The normalized spacial score (nSPS) is 13.4. The topological polar surface area (TPSA) is 60.9 Å². The maximum Gasteiger partial charge on any atom is 0.103 e. The second-order valence-electron chi connectivity index (χ2n) is 4.38. The Morgan fingerprint density at radius 2 is 2.27 bits per heavy atom. The molecular weight excluding hydrogens is 190 g/mol. The van der Waals surface area contributed by atoms with Gasteiger partial charge in [0, 0.05) is 24.5 Å². The summed E-state index contributed by atoms with van der Waals surface area (Å²) in [6.45, 7) is 7.17. The molecule has 86 valence electrons. The molecule has 1 aromatic heterocycles. The van der Waals surface area contributed by atoms with Crippen LogP contribution in [-0.4, -0.2) is 27.7 Å². The summed E-state index contributed by atoms with van der Waals surface area (Å²) in [5.41, 5.74) is 1.06. The fourth-order valence-corrected chi connectivity index (χ4v) is 1.61. The molecule has 0 radical (unpaired) electrons. The molecule has 0 aliphatic carbocycles. The first-order valence-electron chi connectivity index (χ1n) is 5.46. The van der Waals surface area contributed by atoms with Gasteiger partial charge in [0.15, 0.2) is 0 Å². The minimum Gasteiger partial charge on any atom is -0.395 e. The number of aromatic amines is 1. The largest absolute Gasteiger partial charge is 0.395 e. The van der Waals surface area contributed by atoms with Gasteiger partial charge in [-0.1, -0.05) is 13.8 Å². The van der Waals surface area contributed by atoms with Crippen LogP contribution in [0, 0.1) is 12.8 Å². The first-order valence-corrected chi connectivity index (χ1v) is 5.46. The van der Waals surface area contributed by atoms with E-state index in [0.29, 0.717) is 5.92 Å². The zero-order chi connectivity index (χ0) is 11.3. The van der Waals surface area contributed by atoms with Crippen molar-refractivity contribution in [3.05, 3.63) is 17.7 Å². The Morgan fingerprint density at radius 1 is 1.53 bits per heavy atom. The third kappa shape index (κ3) is 4.44. The number of nitrogens with zero attached hydrogens (tertiary/aromatic N) is 1. The van der Waals surface area contributed by atoms with Crippen molar-refractivity contribution >= 4 is 0 Å². The lowest BCUT2D eigenvalue weighted by Crippen LogP contribution is -2.33. The smallest absolute Gasteiger partial charge is 0.103 e. The molecule has 1 unspecified atom stereocenters. The summed E-state index contributed by atoms with van der Waals surface area (Å²) >= 11 is 0. The van der Waals surface area contributed by atoms with Gasteiger partial charge in [0.25, 0.3) is 0 Å². The Morgan fingerprint density at radius 3 is 2.73 bits per heavy atom. The van der Waals surface area contributed by atoms with Gasteiger partial charge in [-0.15, -0.1) is 0 Å². The van der Waals surface area contributed by atoms with Crippen LogP contribution in [0.15, 0.2) is 6.20 Å². The van der Waals surface area contributed by atoms with Gasteiger partial charge < -0.3 is 15.4 Å². The molecule has 0 aromatic carbocycles. The van der Waals surface area contributed by atoms with Crippen LogP contribution >= 0.6 is 0 Å². The van der Waals surface area contributed by atoms with E-state index in [2.05, 4.69) is 29.1 Å². The maximum atomic E-state index is 9.17. The summed E-state index contributed by atoms with van der Waals surface area (Å²) in [6, 6.07) is 0.175. The number of imidazole rings is 1. The molecule has 0 saturated heterocycles. The van der Waals surface area contributed by atoms with Gasteiger partial charge in [0.05, 0.1) is 6.61 Å². The summed E-state index contributed by atoms with van der Waals surface area (Å²) < 4.78 is 0. The van der Waals surface area contributed by atoms with Crippen LogP contribution in [0.25, 0.3) is 0 Å². The quantitative estimate of drug-likeness (QED) is 0.663. The lowest BCUT2D eigenvalue weighted by atomic mass is 10.0. The fourth-order valence-electron chi connectivity index (χ4n) is 1.61. The number of hydrogen-bond acceptors (Lipinski definition) is 3. The molecule has 15 heavy (non-hydrogen) atoms. The van der Waals surface area contributed by atoms with Crippen LogP contribution in [0.1, 0.15) is 31.8 Å². The molecule has 4 nitrogen and oxygen atoms in total. The molecule has 3 N–H and O–H groups in total. The summed E-state index contributed by atoms with van der Waals surface area (Å²) in [5, 5.41) is 12.5. The molecule has 0 saturated carbocycles. The van der Waals surface area contributed by atoms with Gasteiger partial charge in [-0.05, 0) is 19.3 Å². The van der Waals surface area contributed by atoms with E-state index in [4.69, 9.17) is 5.11 Å². The average Bonchev–Trinajstić information content (AvgIpc) is 2.58. The van der Waals surface area contributed by atoms with Crippen molar-refractivity contribution in [1.82, 2.24) is 15.3 Å². The second-order valence-corrected chi connectivity index (χ2v) is 4.38. The summed E-state index contributed by atoms with van der Waals surface area (Å²) in [6.07, 6.45) is 2.82. The molecule has 4 heteroatoms. The zero-order valence-corrected chi connectivity index (χ0v) is 9.75. The number of hydrogen-bond donors (Lipinski definition) is 3. The molecule has 0 bridgehead atoms. The molecule has 0 aliphatic heterocycles. The molecule has 0 aliphatic rings. The molecule has 1 heterocycles. The number of aryl methyl sites for hydroxylation is 1. The Bertz CT molecular complexity index is 283. The maximum absolute atomic E-state index is 9.17. The van der Waals surface area contributed by atoms with Crippen LogP contribution < -0.4 is 5.32 Å². The predicted molar refractivity (Wildman–Crippen MR) is 60.5 cm³/mol. The molecule has 1 rings (SSSR count). The highest BCUT2D eigenvalue weighted by Gasteiger charge is 2.09. The van der Waals surface area contributed by atoms with Gasteiger partial charge >= 0.3 is 0 Å². The van der Waals surface area contributed by atoms with E-state index >= 15 is 0 Å². The van der Waals surface area contributed by atoms with E-state index in [-0.39, 0.29) is 12.6 Å². The molecule has 1 aromatic rings. The third-order valence-corrected chi connectivity index (χ3v) is 2.31. The standard InChI is InChI=1S/C11H21N3O/c1-8(2)4-10(7-15)13-6-11-5-12-9(3)14-11/h5,8,10,13,15H,4,6-7H2,1-3H3,(H,12,14). The molecule has 0 spiro atoms. The lowest BCUT2D eigenvalue weighted by Gasteiger charge is -2.17. The van der Waals surface area contributed by atoms with Gasteiger partial charge in [0.2, 0.25) is 0 Å². The van der Waals surface area contributed by atoms with E-state index in [0.717, 1.165) is 24.5 Å². The summed E-state index contributed by atoms with van der Waals surface area (Å²) in [5.74, 6) is 1.52. The molecule has 0 amide bonds. The number of rotatable bonds is 6. The van der Waals surface area contributed by atoms with E-state index < -0.39 is 0 Å². The van der Waals surface area contributed by atoms with Crippen LogP contribution in [0.2, 0.25) is 0 Å². The van der Waals surface area contributed by atoms with Crippen molar-refractivity contribution in [2.24, 2.45) is 5.92 Å². The molecule has 1 atom stereocenters. The van der Waals surface area contributed by atoms with Crippen LogP contribution in [-0.2, 0) is 6.54 Å². The number of nitrogens with one attached hydrogen (secondary N) is 2. The van der Waals surface area contributed by atoms with Crippen molar-refractivity contribution in [2.75, 3.05) is 6.61 Å². The summed E-state index contributed by atoms with van der Waals surface area (Å²) in [7, 11) is 0. The fraction of sp³-hybridized carbons (Fsp3) is 0.727. The van der Waals surface area contributed by atoms with E-state index in [9.17, 15) is 0 Å². The number of aliphatic hydroxyl groups excluding tert-OH is 1. The van der Waals surface area contributed by atoms with Crippen molar-refractivity contribution in [3.63, 3.8) is 0 Å². The first-order chi connectivity index (χ1) is 7.11. The third-order valence-electron chi connectivity index (χ3n) is 2.31. The van der Waals surface area contributed by atoms with Gasteiger partial charge in [-0.3, -0.25) is 0 Å². The van der Waals surface area contributed by atoms with Gasteiger partial charge in [-0.25, -0.2) is 4.98 Å². The van der Waals surface area contributed by atoms with E-state index in [1.165, 1.54) is 0 Å². The highest BCUT2D eigenvalue weighted by Crippen LogP contribution is 2.05. The Kier molecular flexibility index (Phi) is 4.78. The highest BCUT2D eigenvalue weighted by molar-refractivity contribution is 4.99. The molecular formula is C11H21N3O. The van der Waals surface area contributed by atoms with Crippen LogP contribution in [0.5, 0.6) is 0 Å². The minimum absolute atomic E-state index is 0.175. The Hall–Kier alpha value is -0.870. The van der Waals surface area contributed by atoms with Crippen molar-refractivity contribution < 1.29 is 5.11 Å². The number of aromatic nitrogens is 2. The molecule has 0 fully saturated rings. The monoisotopic (exact) mass is 211 g/mol. The van der Waals surface area contributed by atoms with Crippen molar-refractivity contribution in [1.29, 1.82) is 0 Å². The zero-order valence-electron chi connectivity index (χ0n) is 9.75. The lowest BCUT2D eigenvalue weighted by molar-refractivity contribution is 0.223. The van der Waals surface area contributed by atoms with Gasteiger partial charge in [0.1, 0.15) is 5.82 Å². The van der Waals surface area contributed by atoms with Crippen molar-refractivity contribution in [2.45, 2.75) is 39.8 Å². The van der Waals surface area contributed by atoms with Crippen LogP contribution in [0.3, 0.4) is 0 Å². The van der Waals surface area contributed by atoms with Crippen molar-refractivity contribution in [3.8, 4) is 0 Å². The van der Waals surface area contributed by atoms with Crippen LogP contribution in [0.4, 0.5) is 0 Å². The number of aliphatic hydroxyl groups is 1. The predicted octanol–water partition coefficient (Wildman–Crippen LogP) is 1.21. The van der Waals surface area contributed by atoms with E-state index in [1.54, 1.807) is 0 Å². The Balaban J connectivity index is 2.34. The Labute approximate surface area is 91.1 Å². The minimum atomic E-state index is 0.175. The first kappa shape index (κ1) is 12.2. The second kappa shape index (κ2) is 5.88. The average molecular weight is 211 g/mol. The van der Waals surface area contributed by atoms with E-state index in [1.807, 2.05) is 13.1 Å².